The van der Waals surface area contributed by atoms with Gasteiger partial charge in [0.1, 0.15) is 0 Å². The number of nitrogens with one attached hydrogen (secondary N) is 3. The van der Waals surface area contributed by atoms with Crippen molar-refractivity contribution in [1.82, 2.24) is 10.6 Å². The SMILES string of the molecule is CCNC(=O)c1ccccc1NC(=S)NC(=O)c1ccc([N+](=O)[O-])cc1. The summed E-state index contributed by atoms with van der Waals surface area (Å²) in [4.78, 5) is 34.3. The third-order valence-electron chi connectivity index (χ3n) is 3.32. The lowest BCUT2D eigenvalue weighted by molar-refractivity contribution is -0.384. The number of rotatable bonds is 5. The van der Waals surface area contributed by atoms with Crippen LogP contribution in [0.25, 0.3) is 0 Å². The van der Waals surface area contributed by atoms with Gasteiger partial charge in [-0.15, -0.1) is 0 Å². The van der Waals surface area contributed by atoms with Gasteiger partial charge in [0.2, 0.25) is 0 Å². The first-order valence-corrected chi connectivity index (χ1v) is 8.07. The van der Waals surface area contributed by atoms with Crippen LogP contribution in [0.4, 0.5) is 11.4 Å². The normalized spacial score (nSPS) is 9.88. The Morgan fingerprint density at radius 3 is 2.35 bits per heavy atom. The van der Waals surface area contributed by atoms with E-state index in [9.17, 15) is 19.7 Å². The van der Waals surface area contributed by atoms with Crippen molar-refractivity contribution in [2.45, 2.75) is 6.92 Å². The largest absolute Gasteiger partial charge is 0.352 e. The summed E-state index contributed by atoms with van der Waals surface area (Å²) in [5, 5.41) is 18.6. The Labute approximate surface area is 154 Å². The molecule has 134 valence electrons. The molecule has 2 amide bonds. The highest BCUT2D eigenvalue weighted by atomic mass is 32.1. The molecule has 0 unspecified atom stereocenters. The molecule has 3 N–H and O–H groups in total. The van der Waals surface area contributed by atoms with Crippen molar-refractivity contribution in [3.05, 3.63) is 69.8 Å². The molecule has 0 aliphatic heterocycles. The van der Waals surface area contributed by atoms with E-state index >= 15 is 0 Å². The summed E-state index contributed by atoms with van der Waals surface area (Å²) >= 11 is 5.11. The predicted octanol–water partition coefficient (Wildman–Crippen LogP) is 2.47. The molecular formula is C17H16N4O4S. The van der Waals surface area contributed by atoms with Crippen LogP contribution >= 0.6 is 12.2 Å². The molecule has 0 spiro atoms. The van der Waals surface area contributed by atoms with Gasteiger partial charge in [-0.25, -0.2) is 0 Å². The van der Waals surface area contributed by atoms with E-state index in [4.69, 9.17) is 12.2 Å². The molecule has 8 nitrogen and oxygen atoms in total. The molecule has 0 aromatic heterocycles. The van der Waals surface area contributed by atoms with Crippen LogP contribution in [-0.2, 0) is 0 Å². The Bertz CT molecular complexity index is 852. The second-order valence-corrected chi connectivity index (χ2v) is 5.53. The molecule has 0 saturated heterocycles. The summed E-state index contributed by atoms with van der Waals surface area (Å²) in [7, 11) is 0. The van der Waals surface area contributed by atoms with Gasteiger partial charge in [0, 0.05) is 24.2 Å². The van der Waals surface area contributed by atoms with Crippen molar-refractivity contribution in [3.63, 3.8) is 0 Å². The van der Waals surface area contributed by atoms with E-state index in [1.54, 1.807) is 24.3 Å². The number of hydrogen-bond acceptors (Lipinski definition) is 5. The zero-order chi connectivity index (χ0) is 19.1. The number of carbonyl (C=O) groups excluding carboxylic acids is 2. The van der Waals surface area contributed by atoms with E-state index in [0.29, 0.717) is 17.8 Å². The molecule has 9 heteroatoms. The van der Waals surface area contributed by atoms with E-state index in [0.717, 1.165) is 0 Å². The van der Waals surface area contributed by atoms with Crippen molar-refractivity contribution >= 4 is 40.5 Å². The minimum atomic E-state index is -0.549. The molecule has 2 aromatic carbocycles. The lowest BCUT2D eigenvalue weighted by atomic mass is 10.1. The van der Waals surface area contributed by atoms with Crippen LogP contribution in [0.3, 0.4) is 0 Å². The Hall–Kier alpha value is -3.33. The number of hydrogen-bond donors (Lipinski definition) is 3. The van der Waals surface area contributed by atoms with Gasteiger partial charge in [-0.2, -0.15) is 0 Å². The number of nitro benzene ring substituents is 1. The maximum Gasteiger partial charge on any atom is 0.269 e. The third kappa shape index (κ3) is 4.84. The molecule has 0 radical (unpaired) electrons. The fourth-order valence-corrected chi connectivity index (χ4v) is 2.31. The maximum absolute atomic E-state index is 12.2. The molecule has 0 aliphatic rings. The zero-order valence-corrected chi connectivity index (χ0v) is 14.6. The first-order valence-electron chi connectivity index (χ1n) is 7.66. The number of para-hydroxylation sites is 1. The van der Waals surface area contributed by atoms with Crippen LogP contribution in [0.2, 0.25) is 0 Å². The van der Waals surface area contributed by atoms with E-state index < -0.39 is 10.8 Å². The average molecular weight is 372 g/mol. The molecule has 0 bridgehead atoms. The number of nitro groups is 1. The Balaban J connectivity index is 2.06. The molecule has 0 heterocycles. The Morgan fingerprint density at radius 1 is 1.08 bits per heavy atom. The van der Waals surface area contributed by atoms with Gasteiger partial charge >= 0.3 is 0 Å². The van der Waals surface area contributed by atoms with Gasteiger partial charge < -0.3 is 10.6 Å². The number of benzene rings is 2. The lowest BCUT2D eigenvalue weighted by Gasteiger charge is -2.13. The highest BCUT2D eigenvalue weighted by molar-refractivity contribution is 7.80. The second-order valence-electron chi connectivity index (χ2n) is 5.12. The number of non-ortho nitro benzene ring substituents is 1. The molecule has 0 saturated carbocycles. The number of nitrogens with zero attached hydrogens (tertiary/aromatic N) is 1. The van der Waals surface area contributed by atoms with Gasteiger partial charge in [-0.1, -0.05) is 12.1 Å². The maximum atomic E-state index is 12.2. The molecule has 2 aromatic rings. The topological polar surface area (TPSA) is 113 Å². The highest BCUT2D eigenvalue weighted by Gasteiger charge is 2.14. The second kappa shape index (κ2) is 8.67. The molecule has 0 atom stereocenters. The molecule has 26 heavy (non-hydrogen) atoms. The number of thiocarbonyl (C=S) groups is 1. The zero-order valence-electron chi connectivity index (χ0n) is 13.8. The van der Waals surface area contributed by atoms with Gasteiger partial charge in [-0.3, -0.25) is 25.0 Å². The summed E-state index contributed by atoms with van der Waals surface area (Å²) in [5.74, 6) is -0.784. The predicted molar refractivity (Wildman–Crippen MR) is 101 cm³/mol. The minimum Gasteiger partial charge on any atom is -0.352 e. The number of carbonyl (C=O) groups is 2. The number of anilines is 1. The van der Waals surface area contributed by atoms with Crippen molar-refractivity contribution in [2.75, 3.05) is 11.9 Å². The van der Waals surface area contributed by atoms with Crippen molar-refractivity contribution in [3.8, 4) is 0 Å². The summed E-state index contributed by atoms with van der Waals surface area (Å²) < 4.78 is 0. The fourth-order valence-electron chi connectivity index (χ4n) is 2.11. The van der Waals surface area contributed by atoms with Crippen molar-refractivity contribution in [2.24, 2.45) is 0 Å². The van der Waals surface area contributed by atoms with E-state index in [1.165, 1.54) is 24.3 Å². The summed E-state index contributed by atoms with van der Waals surface area (Å²) in [6.07, 6.45) is 0. The molecule has 0 fully saturated rings. The van der Waals surface area contributed by atoms with Gasteiger partial charge in [0.15, 0.2) is 5.11 Å². The van der Waals surface area contributed by atoms with Crippen LogP contribution in [0.1, 0.15) is 27.6 Å². The summed E-state index contributed by atoms with van der Waals surface area (Å²) in [6.45, 7) is 2.29. The summed E-state index contributed by atoms with van der Waals surface area (Å²) in [6, 6.07) is 11.9. The average Bonchev–Trinajstić information content (AvgIpc) is 2.62. The molecule has 2 rings (SSSR count). The van der Waals surface area contributed by atoms with E-state index in [-0.39, 0.29) is 22.3 Å². The smallest absolute Gasteiger partial charge is 0.269 e. The first-order chi connectivity index (χ1) is 12.4. The Morgan fingerprint density at radius 2 is 1.73 bits per heavy atom. The number of amides is 2. The highest BCUT2D eigenvalue weighted by Crippen LogP contribution is 2.15. The standard InChI is InChI=1S/C17H16N4O4S/c1-2-18-16(23)13-5-3-4-6-14(13)19-17(26)20-15(22)11-7-9-12(10-8-11)21(24)25/h3-10H,2H2,1H3,(H,18,23)(H2,19,20,22,26). The van der Waals surface area contributed by atoms with Gasteiger partial charge in [-0.05, 0) is 43.4 Å². The first kappa shape index (κ1) is 19.0. The van der Waals surface area contributed by atoms with Gasteiger partial charge in [0.05, 0.1) is 16.2 Å². The molecule has 0 aliphatic carbocycles. The minimum absolute atomic E-state index is 0.00472. The van der Waals surface area contributed by atoms with Crippen LogP contribution in [0, 0.1) is 10.1 Å². The fraction of sp³-hybridized carbons (Fsp3) is 0.118. The van der Waals surface area contributed by atoms with Crippen LogP contribution < -0.4 is 16.0 Å². The van der Waals surface area contributed by atoms with E-state index in [2.05, 4.69) is 16.0 Å². The van der Waals surface area contributed by atoms with Crippen LogP contribution in [-0.4, -0.2) is 28.4 Å². The molecular weight excluding hydrogens is 356 g/mol. The Kier molecular flexibility index (Phi) is 6.34. The van der Waals surface area contributed by atoms with Gasteiger partial charge in [0.25, 0.3) is 17.5 Å². The monoisotopic (exact) mass is 372 g/mol. The van der Waals surface area contributed by atoms with Crippen molar-refractivity contribution < 1.29 is 14.5 Å². The van der Waals surface area contributed by atoms with Crippen LogP contribution in [0.5, 0.6) is 0 Å². The van der Waals surface area contributed by atoms with Crippen molar-refractivity contribution in [1.29, 1.82) is 0 Å². The quantitative estimate of drug-likeness (QED) is 0.422. The summed E-state index contributed by atoms with van der Waals surface area (Å²) in [5.41, 5.74) is 0.948. The van der Waals surface area contributed by atoms with E-state index in [1.807, 2.05) is 6.92 Å². The van der Waals surface area contributed by atoms with Crippen LogP contribution in [0.15, 0.2) is 48.5 Å². The third-order valence-corrected chi connectivity index (χ3v) is 3.53. The lowest BCUT2D eigenvalue weighted by Crippen LogP contribution is -2.35.